The Morgan fingerprint density at radius 3 is 2.00 bits per heavy atom. The van der Waals surface area contributed by atoms with Crippen molar-refractivity contribution in [2.45, 2.75) is 98.2 Å². The SMILES string of the molecule is NCC1OC(OC2C(O)C(N)CC(N)C2OC2OC([C@H](O)CO)C(O)C(O)C2N)C(O)C1O. The number of nitrogens with two attached hydrogens (primary N) is 4. The average Bonchev–Trinajstić information content (AvgIpc) is 3.06. The molecule has 15 N–H and O–H groups in total. The molecule has 33 heavy (non-hydrogen) atoms. The quantitative estimate of drug-likeness (QED) is 0.160. The molecule has 15 atom stereocenters. The van der Waals surface area contributed by atoms with Gasteiger partial charge >= 0.3 is 0 Å². The van der Waals surface area contributed by atoms with Gasteiger partial charge in [0.2, 0.25) is 0 Å². The predicted molar refractivity (Wildman–Crippen MR) is 108 cm³/mol. The summed E-state index contributed by atoms with van der Waals surface area (Å²) in [5.74, 6) is 0. The molecule has 194 valence electrons. The molecule has 0 bridgehead atoms. The first kappa shape index (κ1) is 27.0. The maximum absolute atomic E-state index is 10.7. The summed E-state index contributed by atoms with van der Waals surface area (Å²) in [4.78, 5) is 0. The van der Waals surface area contributed by atoms with Crippen molar-refractivity contribution in [3.8, 4) is 0 Å². The van der Waals surface area contributed by atoms with Crippen LogP contribution >= 0.6 is 0 Å². The second-order valence-corrected chi connectivity index (χ2v) is 8.79. The van der Waals surface area contributed by atoms with E-state index in [9.17, 15) is 35.7 Å². The molecule has 14 unspecified atom stereocenters. The summed E-state index contributed by atoms with van der Waals surface area (Å²) in [5, 5.41) is 70.5. The Hall–Kier alpha value is -0.600. The van der Waals surface area contributed by atoms with Gasteiger partial charge in [0.25, 0.3) is 0 Å². The van der Waals surface area contributed by atoms with E-state index in [0.717, 1.165) is 0 Å². The molecule has 0 radical (unpaired) electrons. The Kier molecular flexibility index (Phi) is 8.99. The predicted octanol–water partition coefficient (Wildman–Crippen LogP) is -7.29. The van der Waals surface area contributed by atoms with Crippen molar-refractivity contribution in [2.75, 3.05) is 13.2 Å². The topological polar surface area (TPSA) is 283 Å². The number of hydrogen-bond acceptors (Lipinski definition) is 15. The smallest absolute Gasteiger partial charge is 0.187 e. The van der Waals surface area contributed by atoms with Gasteiger partial charge in [0, 0.05) is 18.6 Å². The van der Waals surface area contributed by atoms with Crippen molar-refractivity contribution in [1.82, 2.24) is 0 Å². The third-order valence-corrected chi connectivity index (χ3v) is 6.45. The van der Waals surface area contributed by atoms with E-state index in [-0.39, 0.29) is 13.0 Å². The van der Waals surface area contributed by atoms with Crippen LogP contribution in [-0.4, -0.2) is 141 Å². The van der Waals surface area contributed by atoms with Crippen LogP contribution in [0.3, 0.4) is 0 Å². The number of aliphatic hydroxyl groups is 7. The largest absolute Gasteiger partial charge is 0.394 e. The van der Waals surface area contributed by atoms with E-state index < -0.39 is 98.4 Å². The zero-order chi connectivity index (χ0) is 24.6. The Morgan fingerprint density at radius 2 is 1.42 bits per heavy atom. The molecule has 1 aliphatic carbocycles. The van der Waals surface area contributed by atoms with Crippen LogP contribution < -0.4 is 22.9 Å². The molecule has 0 aromatic rings. The van der Waals surface area contributed by atoms with Gasteiger partial charge in [-0.25, -0.2) is 0 Å². The van der Waals surface area contributed by atoms with E-state index in [1.807, 2.05) is 0 Å². The second kappa shape index (κ2) is 11.0. The standard InChI is InChI=1S/C18H36N4O11/c19-2-7-10(26)13(29)18(30-7)33-16-9(25)4(20)1-5(21)14(16)31-17-8(22)11(27)12(28)15(32-17)6(24)3-23/h4-18,23-29H,1-3,19-22H2/t4?,5?,6-,7?,8?,9?,10?,11?,12?,13?,14?,15?,16?,17?,18?/m1/s1. The van der Waals surface area contributed by atoms with Crippen molar-refractivity contribution in [3.63, 3.8) is 0 Å². The third-order valence-electron chi connectivity index (χ3n) is 6.45. The fourth-order valence-electron chi connectivity index (χ4n) is 4.39. The minimum Gasteiger partial charge on any atom is -0.394 e. The highest BCUT2D eigenvalue weighted by Gasteiger charge is 2.52. The van der Waals surface area contributed by atoms with E-state index in [0.29, 0.717) is 0 Å². The molecule has 0 aromatic carbocycles. The highest BCUT2D eigenvalue weighted by molar-refractivity contribution is 5.02. The van der Waals surface area contributed by atoms with Crippen LogP contribution in [0.2, 0.25) is 0 Å². The zero-order valence-corrected chi connectivity index (χ0v) is 17.9. The minimum atomic E-state index is -1.61. The molecule has 2 saturated heterocycles. The lowest BCUT2D eigenvalue weighted by molar-refractivity contribution is -0.317. The summed E-state index contributed by atoms with van der Waals surface area (Å²) < 4.78 is 22.5. The van der Waals surface area contributed by atoms with E-state index in [4.69, 9.17) is 41.9 Å². The van der Waals surface area contributed by atoms with Crippen molar-refractivity contribution in [3.05, 3.63) is 0 Å². The lowest BCUT2D eigenvalue weighted by Gasteiger charge is -2.47. The molecule has 3 rings (SSSR count). The molecule has 0 spiro atoms. The molecule has 15 heteroatoms. The van der Waals surface area contributed by atoms with E-state index in [1.165, 1.54) is 0 Å². The summed E-state index contributed by atoms with van der Waals surface area (Å²) in [6.07, 6.45) is -16.4. The van der Waals surface area contributed by atoms with E-state index in [1.54, 1.807) is 0 Å². The van der Waals surface area contributed by atoms with Crippen LogP contribution in [0.1, 0.15) is 6.42 Å². The van der Waals surface area contributed by atoms with Gasteiger partial charge in [-0.2, -0.15) is 0 Å². The lowest BCUT2D eigenvalue weighted by atomic mass is 9.84. The molecule has 3 aliphatic rings. The third kappa shape index (κ3) is 5.32. The fraction of sp³-hybridized carbons (Fsp3) is 1.00. The van der Waals surface area contributed by atoms with Gasteiger partial charge in [-0.3, -0.25) is 0 Å². The molecule has 0 aromatic heterocycles. The molecule has 2 aliphatic heterocycles. The zero-order valence-electron chi connectivity index (χ0n) is 17.9. The number of aliphatic hydroxyl groups excluding tert-OH is 7. The van der Waals surface area contributed by atoms with Gasteiger partial charge in [0.05, 0.1) is 18.8 Å². The van der Waals surface area contributed by atoms with Gasteiger partial charge in [0.15, 0.2) is 12.6 Å². The summed E-state index contributed by atoms with van der Waals surface area (Å²) in [5.41, 5.74) is 23.6. The maximum Gasteiger partial charge on any atom is 0.187 e. The van der Waals surface area contributed by atoms with E-state index >= 15 is 0 Å². The van der Waals surface area contributed by atoms with Crippen LogP contribution in [-0.2, 0) is 18.9 Å². The monoisotopic (exact) mass is 484 g/mol. The molecule has 15 nitrogen and oxygen atoms in total. The van der Waals surface area contributed by atoms with Crippen molar-refractivity contribution >= 4 is 0 Å². The Balaban J connectivity index is 1.79. The normalized spacial score (nSPS) is 52.1. The highest BCUT2D eigenvalue weighted by atomic mass is 16.7. The van der Waals surface area contributed by atoms with Gasteiger partial charge in [-0.1, -0.05) is 0 Å². The van der Waals surface area contributed by atoms with Gasteiger partial charge in [-0.05, 0) is 6.42 Å². The Bertz CT molecular complexity index is 638. The Labute approximate surface area is 189 Å². The molecule has 1 saturated carbocycles. The summed E-state index contributed by atoms with van der Waals surface area (Å²) in [6.45, 7) is -0.857. The van der Waals surface area contributed by atoms with Crippen LogP contribution in [0, 0.1) is 0 Å². The van der Waals surface area contributed by atoms with Crippen LogP contribution in [0.5, 0.6) is 0 Å². The number of rotatable bonds is 7. The average molecular weight is 485 g/mol. The maximum atomic E-state index is 10.7. The first-order valence-electron chi connectivity index (χ1n) is 10.8. The van der Waals surface area contributed by atoms with Crippen molar-refractivity contribution < 1.29 is 54.7 Å². The van der Waals surface area contributed by atoms with Crippen molar-refractivity contribution in [2.24, 2.45) is 22.9 Å². The summed E-state index contributed by atoms with van der Waals surface area (Å²) in [7, 11) is 0. The first-order chi connectivity index (χ1) is 15.5. The summed E-state index contributed by atoms with van der Waals surface area (Å²) >= 11 is 0. The van der Waals surface area contributed by atoms with E-state index in [2.05, 4.69) is 0 Å². The molecule has 0 amide bonds. The molecular weight excluding hydrogens is 448 g/mol. The fourth-order valence-corrected chi connectivity index (χ4v) is 4.39. The summed E-state index contributed by atoms with van der Waals surface area (Å²) in [6, 6.07) is -2.95. The minimum absolute atomic E-state index is 0.0934. The van der Waals surface area contributed by atoms with Gasteiger partial charge in [-0.15, -0.1) is 0 Å². The van der Waals surface area contributed by atoms with Crippen LogP contribution in [0.4, 0.5) is 0 Å². The second-order valence-electron chi connectivity index (χ2n) is 8.79. The lowest BCUT2D eigenvalue weighted by Crippen LogP contribution is -2.68. The Morgan fingerprint density at radius 1 is 0.788 bits per heavy atom. The molecular formula is C18H36N4O11. The van der Waals surface area contributed by atoms with Crippen molar-refractivity contribution in [1.29, 1.82) is 0 Å². The molecule has 2 heterocycles. The first-order valence-corrected chi connectivity index (χ1v) is 10.8. The number of ether oxygens (including phenoxy) is 4. The highest BCUT2D eigenvalue weighted by Crippen LogP contribution is 2.32. The van der Waals surface area contributed by atoms with Gasteiger partial charge in [0.1, 0.15) is 54.9 Å². The van der Waals surface area contributed by atoms with Crippen LogP contribution in [0.25, 0.3) is 0 Å². The molecule has 3 fully saturated rings. The van der Waals surface area contributed by atoms with Crippen LogP contribution in [0.15, 0.2) is 0 Å². The number of hydrogen-bond donors (Lipinski definition) is 11. The van der Waals surface area contributed by atoms with Gasteiger partial charge < -0.3 is 77.6 Å².